The number of phenols is 1. The van der Waals surface area contributed by atoms with Gasteiger partial charge in [-0.25, -0.2) is 4.98 Å². The lowest BCUT2D eigenvalue weighted by molar-refractivity contribution is 0.475. The van der Waals surface area contributed by atoms with Gasteiger partial charge in [0, 0.05) is 18.0 Å². The van der Waals surface area contributed by atoms with Gasteiger partial charge in [0.1, 0.15) is 11.4 Å². The molecule has 0 spiro atoms. The molecule has 1 aromatic carbocycles. The number of nitrogens with zero attached hydrogens (tertiary/aromatic N) is 2. The summed E-state index contributed by atoms with van der Waals surface area (Å²) in [6.45, 7) is 0. The maximum Gasteiger partial charge on any atom is 0.137 e. The van der Waals surface area contributed by atoms with E-state index >= 15 is 0 Å². The minimum Gasteiger partial charge on any atom is -0.506 e. The number of aromatic nitrogens is 2. The van der Waals surface area contributed by atoms with Crippen molar-refractivity contribution in [1.82, 2.24) is 9.38 Å². The van der Waals surface area contributed by atoms with E-state index in [2.05, 4.69) is 4.98 Å². The number of phenolic OH excluding ortho intramolecular Hbond substituents is 1. The molecule has 17 heavy (non-hydrogen) atoms. The zero-order valence-electron chi connectivity index (χ0n) is 8.84. The fourth-order valence-corrected chi connectivity index (χ4v) is 2.03. The maximum atomic E-state index is 9.41. The van der Waals surface area contributed by atoms with Crippen molar-refractivity contribution in [2.45, 2.75) is 0 Å². The second-order valence-electron chi connectivity index (χ2n) is 3.73. The van der Waals surface area contributed by atoms with Crippen molar-refractivity contribution >= 4 is 17.2 Å². The minimum absolute atomic E-state index is 0.0909. The van der Waals surface area contributed by atoms with Gasteiger partial charge in [-0.3, -0.25) is 4.40 Å². The van der Waals surface area contributed by atoms with E-state index in [1.807, 2.05) is 34.9 Å². The molecule has 3 aromatic rings. The van der Waals surface area contributed by atoms with Crippen LogP contribution in [0.5, 0.6) is 5.75 Å². The van der Waals surface area contributed by atoms with Crippen LogP contribution in [0.3, 0.4) is 0 Å². The van der Waals surface area contributed by atoms with Gasteiger partial charge in [0.2, 0.25) is 0 Å². The monoisotopic (exact) mass is 244 g/mol. The molecule has 1 N–H and O–H groups in total. The predicted octanol–water partition coefficient (Wildman–Crippen LogP) is 3.36. The van der Waals surface area contributed by atoms with E-state index in [9.17, 15) is 5.11 Å². The maximum absolute atomic E-state index is 9.41. The smallest absolute Gasteiger partial charge is 0.137 e. The Balaban J connectivity index is 2.26. The third kappa shape index (κ3) is 1.65. The molecule has 0 fully saturated rings. The molecule has 0 radical (unpaired) electrons. The molecule has 0 bridgehead atoms. The average Bonchev–Trinajstić information content (AvgIpc) is 2.80. The van der Waals surface area contributed by atoms with Gasteiger partial charge in [0.05, 0.1) is 10.7 Å². The summed E-state index contributed by atoms with van der Waals surface area (Å²) in [6.07, 6.45) is 3.65. The number of aromatic hydroxyl groups is 1. The van der Waals surface area contributed by atoms with E-state index < -0.39 is 0 Å². The lowest BCUT2D eigenvalue weighted by Gasteiger charge is -2.06. The number of benzene rings is 1. The van der Waals surface area contributed by atoms with Crippen molar-refractivity contribution in [3.8, 4) is 17.0 Å². The van der Waals surface area contributed by atoms with E-state index in [0.29, 0.717) is 5.02 Å². The van der Waals surface area contributed by atoms with Crippen LogP contribution in [0.15, 0.2) is 48.8 Å². The summed E-state index contributed by atoms with van der Waals surface area (Å²) in [6, 6.07) is 11.0. The Kier molecular flexibility index (Phi) is 2.27. The molecule has 0 aliphatic carbocycles. The summed E-state index contributed by atoms with van der Waals surface area (Å²) >= 11 is 5.91. The highest BCUT2D eigenvalue weighted by Crippen LogP contribution is 2.29. The first-order valence-electron chi connectivity index (χ1n) is 5.17. The molecule has 2 aromatic heterocycles. The van der Waals surface area contributed by atoms with E-state index in [1.165, 1.54) is 0 Å². The van der Waals surface area contributed by atoms with Crippen LogP contribution in [0, 0.1) is 0 Å². The van der Waals surface area contributed by atoms with Crippen LogP contribution in [-0.4, -0.2) is 14.5 Å². The normalized spacial score (nSPS) is 10.9. The van der Waals surface area contributed by atoms with Crippen molar-refractivity contribution in [2.75, 3.05) is 0 Å². The fourth-order valence-electron chi connectivity index (χ4n) is 1.85. The van der Waals surface area contributed by atoms with Gasteiger partial charge in [0.15, 0.2) is 0 Å². The third-order valence-corrected chi connectivity index (χ3v) is 2.97. The molecule has 4 heteroatoms. The van der Waals surface area contributed by atoms with Crippen LogP contribution in [0.4, 0.5) is 0 Å². The van der Waals surface area contributed by atoms with Gasteiger partial charge in [-0.05, 0) is 30.3 Å². The second-order valence-corrected chi connectivity index (χ2v) is 4.14. The van der Waals surface area contributed by atoms with Crippen LogP contribution in [0.25, 0.3) is 16.9 Å². The van der Waals surface area contributed by atoms with E-state index in [0.717, 1.165) is 16.9 Å². The zero-order valence-corrected chi connectivity index (χ0v) is 9.59. The Morgan fingerprint density at radius 2 is 2.06 bits per heavy atom. The van der Waals surface area contributed by atoms with Crippen LogP contribution >= 0.6 is 11.6 Å². The Hall–Kier alpha value is -2.00. The van der Waals surface area contributed by atoms with Gasteiger partial charge in [-0.2, -0.15) is 0 Å². The summed E-state index contributed by atoms with van der Waals surface area (Å²) in [7, 11) is 0. The average molecular weight is 245 g/mol. The van der Waals surface area contributed by atoms with Crippen molar-refractivity contribution in [1.29, 1.82) is 0 Å². The first kappa shape index (κ1) is 10.2. The lowest BCUT2D eigenvalue weighted by Crippen LogP contribution is -1.90. The zero-order chi connectivity index (χ0) is 11.8. The third-order valence-electron chi connectivity index (χ3n) is 2.67. The van der Waals surface area contributed by atoms with E-state index in [-0.39, 0.29) is 5.75 Å². The van der Waals surface area contributed by atoms with Crippen molar-refractivity contribution in [3.63, 3.8) is 0 Å². The number of halogens is 1. The van der Waals surface area contributed by atoms with E-state index in [4.69, 9.17) is 11.6 Å². The summed E-state index contributed by atoms with van der Waals surface area (Å²) in [4.78, 5) is 4.23. The van der Waals surface area contributed by atoms with Gasteiger partial charge < -0.3 is 5.11 Å². The molecule has 0 saturated carbocycles. The summed E-state index contributed by atoms with van der Waals surface area (Å²) in [5, 5.41) is 9.76. The molecule has 84 valence electrons. The van der Waals surface area contributed by atoms with Gasteiger partial charge >= 0.3 is 0 Å². The van der Waals surface area contributed by atoms with E-state index in [1.54, 1.807) is 18.3 Å². The molecule has 0 unspecified atom stereocenters. The van der Waals surface area contributed by atoms with Crippen LogP contribution < -0.4 is 0 Å². The Bertz CT molecular complexity index is 691. The number of hydrogen-bond donors (Lipinski definition) is 1. The van der Waals surface area contributed by atoms with Crippen LogP contribution in [0.2, 0.25) is 5.02 Å². The van der Waals surface area contributed by atoms with Crippen molar-refractivity contribution in [2.24, 2.45) is 0 Å². The largest absolute Gasteiger partial charge is 0.506 e. The predicted molar refractivity (Wildman–Crippen MR) is 67.3 cm³/mol. The first-order valence-corrected chi connectivity index (χ1v) is 5.54. The highest BCUT2D eigenvalue weighted by Gasteiger charge is 2.06. The molecule has 0 aliphatic heterocycles. The molecular weight excluding hydrogens is 236 g/mol. The molecule has 0 aliphatic rings. The summed E-state index contributed by atoms with van der Waals surface area (Å²) in [5.41, 5.74) is 2.81. The molecule has 0 amide bonds. The molecule has 2 heterocycles. The van der Waals surface area contributed by atoms with Crippen LogP contribution in [0.1, 0.15) is 0 Å². The van der Waals surface area contributed by atoms with Crippen molar-refractivity contribution < 1.29 is 5.11 Å². The molecular formula is C13H9ClN2O. The topological polar surface area (TPSA) is 37.5 Å². The standard InChI is InChI=1S/C13H9ClN2O/c14-10-8-9(4-5-12(10)17)11-2-1-3-13-15-6-7-16(11)13/h1-8,17H. The summed E-state index contributed by atoms with van der Waals surface area (Å²) in [5.74, 6) is 0.0909. The van der Waals surface area contributed by atoms with Gasteiger partial charge in [0.25, 0.3) is 0 Å². The summed E-state index contributed by atoms with van der Waals surface area (Å²) < 4.78 is 1.97. The number of imidazole rings is 1. The molecule has 3 nitrogen and oxygen atoms in total. The van der Waals surface area contributed by atoms with Crippen molar-refractivity contribution in [3.05, 3.63) is 53.8 Å². The first-order chi connectivity index (χ1) is 8.25. The molecule has 3 rings (SSSR count). The molecule has 0 saturated heterocycles. The Morgan fingerprint density at radius 3 is 2.88 bits per heavy atom. The second kappa shape index (κ2) is 3.79. The van der Waals surface area contributed by atoms with Gasteiger partial charge in [-0.15, -0.1) is 0 Å². The number of rotatable bonds is 1. The quantitative estimate of drug-likeness (QED) is 0.713. The lowest BCUT2D eigenvalue weighted by atomic mass is 10.1. The number of hydrogen-bond acceptors (Lipinski definition) is 2. The molecule has 0 atom stereocenters. The number of pyridine rings is 1. The SMILES string of the molecule is Oc1ccc(-c2cccc3nccn23)cc1Cl. The van der Waals surface area contributed by atoms with Crippen LogP contribution in [-0.2, 0) is 0 Å². The fraction of sp³-hybridized carbons (Fsp3) is 0. The minimum atomic E-state index is 0.0909. The van der Waals surface area contributed by atoms with Gasteiger partial charge in [-0.1, -0.05) is 17.7 Å². The Morgan fingerprint density at radius 1 is 1.18 bits per heavy atom. The highest BCUT2D eigenvalue weighted by atomic mass is 35.5. The number of fused-ring (bicyclic) bond motifs is 1. The highest BCUT2D eigenvalue weighted by molar-refractivity contribution is 6.32. The Labute approximate surface area is 103 Å².